The highest BCUT2D eigenvalue weighted by Crippen LogP contribution is 2.40. The molecule has 0 bridgehead atoms. The van der Waals surface area contributed by atoms with Crippen molar-refractivity contribution in [3.05, 3.63) is 69.7 Å². The van der Waals surface area contributed by atoms with Crippen LogP contribution in [0.2, 0.25) is 0 Å². The molecule has 0 aromatic heterocycles. The summed E-state index contributed by atoms with van der Waals surface area (Å²) in [6.45, 7) is 7.78. The third-order valence-electron chi connectivity index (χ3n) is 6.60. The van der Waals surface area contributed by atoms with Crippen molar-refractivity contribution in [2.24, 2.45) is 0 Å². The molecule has 0 saturated carbocycles. The van der Waals surface area contributed by atoms with Gasteiger partial charge in [0.1, 0.15) is 11.5 Å². The number of rotatable bonds is 13. The van der Waals surface area contributed by atoms with Crippen LogP contribution in [-0.2, 0) is 9.59 Å². The van der Waals surface area contributed by atoms with Crippen molar-refractivity contribution < 1.29 is 19.4 Å². The standard InChI is InChI=1S/C29H37BrN2O4/c1-4-6-16-31(17-7-5-2)18-9-19-32-26(22-10-8-11-23(30)20-22)25(28(34)29(32)35)27(33)21-12-14-24(36-3)15-13-21/h8,10-15,20,26,33H,4-7,9,16-19H2,1-3H3/b27-25-. The number of ketones is 1. The van der Waals surface area contributed by atoms with Crippen molar-refractivity contribution in [3.63, 3.8) is 0 Å². The number of halogens is 1. The highest BCUT2D eigenvalue weighted by atomic mass is 79.9. The minimum absolute atomic E-state index is 0.122. The van der Waals surface area contributed by atoms with Gasteiger partial charge in [-0.25, -0.2) is 0 Å². The van der Waals surface area contributed by atoms with Gasteiger partial charge >= 0.3 is 0 Å². The van der Waals surface area contributed by atoms with Crippen LogP contribution in [0.3, 0.4) is 0 Å². The number of hydrogen-bond acceptors (Lipinski definition) is 5. The molecule has 1 heterocycles. The first-order valence-corrected chi connectivity index (χ1v) is 13.6. The molecule has 7 heteroatoms. The Kier molecular flexibility index (Phi) is 10.6. The van der Waals surface area contributed by atoms with E-state index < -0.39 is 17.7 Å². The van der Waals surface area contributed by atoms with Crippen LogP contribution in [0.4, 0.5) is 0 Å². The van der Waals surface area contributed by atoms with Gasteiger partial charge in [-0.3, -0.25) is 9.59 Å². The number of methoxy groups -OCH3 is 1. The number of amides is 1. The molecule has 3 rings (SSSR count). The summed E-state index contributed by atoms with van der Waals surface area (Å²) in [5, 5.41) is 11.2. The molecule has 0 spiro atoms. The SMILES string of the molecule is CCCCN(CCCC)CCCN1C(=O)C(=O)/C(=C(\O)c2ccc(OC)cc2)C1c1cccc(Br)c1. The Balaban J connectivity index is 1.91. The molecule has 1 aliphatic heterocycles. The van der Waals surface area contributed by atoms with Crippen LogP contribution in [-0.4, -0.2) is 59.9 Å². The van der Waals surface area contributed by atoms with Gasteiger partial charge in [0, 0.05) is 16.6 Å². The zero-order valence-corrected chi connectivity index (χ0v) is 23.1. The maximum absolute atomic E-state index is 13.2. The van der Waals surface area contributed by atoms with Crippen molar-refractivity contribution >= 4 is 33.4 Å². The quantitative estimate of drug-likeness (QED) is 0.181. The Morgan fingerprint density at radius 2 is 1.64 bits per heavy atom. The van der Waals surface area contributed by atoms with Gasteiger partial charge in [0.15, 0.2) is 0 Å². The minimum Gasteiger partial charge on any atom is -0.507 e. The molecule has 36 heavy (non-hydrogen) atoms. The van der Waals surface area contributed by atoms with Crippen LogP contribution in [0.1, 0.15) is 63.1 Å². The van der Waals surface area contributed by atoms with E-state index in [9.17, 15) is 14.7 Å². The molecule has 1 fully saturated rings. The number of carbonyl (C=O) groups is 2. The average Bonchev–Trinajstić information content (AvgIpc) is 3.14. The van der Waals surface area contributed by atoms with E-state index in [2.05, 4.69) is 34.7 Å². The van der Waals surface area contributed by atoms with Crippen LogP contribution in [0.5, 0.6) is 5.75 Å². The predicted octanol–water partition coefficient (Wildman–Crippen LogP) is 6.17. The van der Waals surface area contributed by atoms with Gasteiger partial charge in [-0.15, -0.1) is 0 Å². The molecule has 1 aliphatic rings. The van der Waals surface area contributed by atoms with E-state index in [1.54, 1.807) is 36.3 Å². The van der Waals surface area contributed by atoms with Crippen molar-refractivity contribution in [2.75, 3.05) is 33.3 Å². The van der Waals surface area contributed by atoms with E-state index in [-0.39, 0.29) is 11.3 Å². The number of likely N-dealkylation sites (tertiary alicyclic amines) is 1. The lowest BCUT2D eigenvalue weighted by atomic mass is 9.95. The zero-order chi connectivity index (χ0) is 26.1. The van der Waals surface area contributed by atoms with Gasteiger partial charge in [-0.05, 0) is 80.9 Å². The summed E-state index contributed by atoms with van der Waals surface area (Å²) in [5.41, 5.74) is 1.38. The number of aliphatic hydroxyl groups is 1. The Hall–Kier alpha value is -2.64. The van der Waals surface area contributed by atoms with Gasteiger partial charge in [0.05, 0.1) is 18.7 Å². The summed E-state index contributed by atoms with van der Waals surface area (Å²) in [7, 11) is 1.57. The number of benzene rings is 2. The zero-order valence-electron chi connectivity index (χ0n) is 21.5. The molecule has 0 aliphatic carbocycles. The molecule has 6 nitrogen and oxygen atoms in total. The molecule has 2 aromatic carbocycles. The monoisotopic (exact) mass is 556 g/mol. The highest BCUT2D eigenvalue weighted by Gasteiger charge is 2.45. The summed E-state index contributed by atoms with van der Waals surface area (Å²) in [5.74, 6) is -0.743. The second-order valence-electron chi connectivity index (χ2n) is 9.18. The van der Waals surface area contributed by atoms with Crippen molar-refractivity contribution in [1.82, 2.24) is 9.80 Å². The third-order valence-corrected chi connectivity index (χ3v) is 7.09. The van der Waals surface area contributed by atoms with E-state index >= 15 is 0 Å². The summed E-state index contributed by atoms with van der Waals surface area (Å²) < 4.78 is 6.06. The molecule has 2 aromatic rings. The van der Waals surface area contributed by atoms with E-state index in [0.717, 1.165) is 61.8 Å². The van der Waals surface area contributed by atoms with Crippen molar-refractivity contribution in [3.8, 4) is 5.75 Å². The summed E-state index contributed by atoms with van der Waals surface area (Å²) in [6, 6.07) is 13.8. The maximum atomic E-state index is 13.2. The number of unbranched alkanes of at least 4 members (excludes halogenated alkanes) is 2. The van der Waals surface area contributed by atoms with Crippen LogP contribution in [0.15, 0.2) is 58.6 Å². The van der Waals surface area contributed by atoms with Gasteiger partial charge in [-0.1, -0.05) is 54.8 Å². The highest BCUT2D eigenvalue weighted by molar-refractivity contribution is 9.10. The normalized spacial score (nSPS) is 17.2. The molecule has 1 amide bonds. The Morgan fingerprint density at radius 3 is 2.22 bits per heavy atom. The minimum atomic E-state index is -0.651. The van der Waals surface area contributed by atoms with Crippen LogP contribution in [0, 0.1) is 0 Å². The van der Waals surface area contributed by atoms with E-state index in [1.165, 1.54) is 0 Å². The summed E-state index contributed by atoms with van der Waals surface area (Å²) >= 11 is 3.51. The Bertz CT molecular complexity index is 1060. The van der Waals surface area contributed by atoms with Crippen LogP contribution in [0.25, 0.3) is 5.76 Å². The number of Topliss-reactive ketones (excluding diaryl/α,β-unsaturated/α-hetero) is 1. The fourth-order valence-corrected chi connectivity index (χ4v) is 5.02. The largest absolute Gasteiger partial charge is 0.507 e. The van der Waals surface area contributed by atoms with Crippen LogP contribution < -0.4 is 4.74 Å². The first kappa shape index (κ1) is 27.9. The first-order valence-electron chi connectivity index (χ1n) is 12.8. The first-order chi connectivity index (χ1) is 17.4. The van der Waals surface area contributed by atoms with Gasteiger partial charge in [0.25, 0.3) is 11.7 Å². The topological polar surface area (TPSA) is 70.1 Å². The maximum Gasteiger partial charge on any atom is 0.295 e. The molecule has 1 atom stereocenters. The predicted molar refractivity (Wildman–Crippen MR) is 147 cm³/mol. The van der Waals surface area contributed by atoms with E-state index in [0.29, 0.717) is 17.9 Å². The smallest absolute Gasteiger partial charge is 0.295 e. The third kappa shape index (κ3) is 6.77. The molecule has 1 N–H and O–H groups in total. The van der Waals surface area contributed by atoms with E-state index in [1.807, 2.05) is 24.3 Å². The summed E-state index contributed by atoms with van der Waals surface area (Å²) in [4.78, 5) is 30.5. The molecular formula is C29H37BrN2O4. The number of hydrogen-bond donors (Lipinski definition) is 1. The Labute approximate surface area is 223 Å². The van der Waals surface area contributed by atoms with Gasteiger partial charge < -0.3 is 19.6 Å². The average molecular weight is 558 g/mol. The molecular weight excluding hydrogens is 520 g/mol. The van der Waals surface area contributed by atoms with Gasteiger partial charge in [0.2, 0.25) is 0 Å². The van der Waals surface area contributed by atoms with Crippen molar-refractivity contribution in [1.29, 1.82) is 0 Å². The van der Waals surface area contributed by atoms with Gasteiger partial charge in [-0.2, -0.15) is 0 Å². The Morgan fingerprint density at radius 1 is 1.00 bits per heavy atom. The number of nitrogens with zero attached hydrogens (tertiary/aromatic N) is 2. The lowest BCUT2D eigenvalue weighted by molar-refractivity contribution is -0.140. The number of ether oxygens (including phenoxy) is 1. The second kappa shape index (κ2) is 13.6. The molecule has 1 saturated heterocycles. The fourth-order valence-electron chi connectivity index (χ4n) is 4.60. The number of aliphatic hydroxyl groups excluding tert-OH is 1. The lowest BCUT2D eigenvalue weighted by Crippen LogP contribution is -2.34. The second-order valence-corrected chi connectivity index (χ2v) is 10.1. The molecule has 194 valence electrons. The van der Waals surface area contributed by atoms with E-state index in [4.69, 9.17) is 4.74 Å². The molecule has 1 unspecified atom stereocenters. The lowest BCUT2D eigenvalue weighted by Gasteiger charge is -2.27. The molecule has 0 radical (unpaired) electrons. The number of carbonyl (C=O) groups excluding carboxylic acids is 2. The van der Waals surface area contributed by atoms with Crippen LogP contribution >= 0.6 is 15.9 Å². The van der Waals surface area contributed by atoms with Crippen molar-refractivity contribution in [2.45, 2.75) is 52.0 Å². The summed E-state index contributed by atoms with van der Waals surface area (Å²) in [6.07, 6.45) is 5.34. The fraction of sp³-hybridized carbons (Fsp3) is 0.448.